The molecule has 1 fully saturated rings. The standard InChI is InChI=1S/C17H22N2O4/c1-2-3-11-23-17(22)13-6-8-14(9-7-13)18-15(20)12-19-10-4-5-16(19)21/h6-9H,2-5,10-12H2,1H3,(H,18,20). The van der Waals surface area contributed by atoms with Crippen LogP contribution in [0.25, 0.3) is 0 Å². The number of unbranched alkanes of at least 4 members (excludes halogenated alkanes) is 1. The van der Waals surface area contributed by atoms with Crippen LogP contribution in [0.3, 0.4) is 0 Å². The molecular weight excluding hydrogens is 296 g/mol. The molecule has 0 bridgehead atoms. The van der Waals surface area contributed by atoms with Gasteiger partial charge < -0.3 is 15.0 Å². The molecule has 1 aliphatic rings. The van der Waals surface area contributed by atoms with Gasteiger partial charge in [0.25, 0.3) is 0 Å². The third kappa shape index (κ3) is 5.09. The van der Waals surface area contributed by atoms with Crippen LogP contribution in [0, 0.1) is 0 Å². The number of ether oxygens (including phenoxy) is 1. The van der Waals surface area contributed by atoms with Crippen LogP contribution >= 0.6 is 0 Å². The average Bonchev–Trinajstić information content (AvgIpc) is 2.93. The van der Waals surface area contributed by atoms with Gasteiger partial charge in [0.05, 0.1) is 18.7 Å². The highest BCUT2D eigenvalue weighted by Crippen LogP contribution is 2.12. The summed E-state index contributed by atoms with van der Waals surface area (Å²) in [4.78, 5) is 36.7. The first kappa shape index (κ1) is 17.0. The summed E-state index contributed by atoms with van der Waals surface area (Å²) in [6, 6.07) is 6.54. The van der Waals surface area contributed by atoms with E-state index in [9.17, 15) is 14.4 Å². The molecule has 1 saturated heterocycles. The Labute approximate surface area is 135 Å². The van der Waals surface area contributed by atoms with E-state index in [4.69, 9.17) is 4.74 Å². The lowest BCUT2D eigenvalue weighted by atomic mass is 10.2. The minimum Gasteiger partial charge on any atom is -0.462 e. The van der Waals surface area contributed by atoms with Gasteiger partial charge in [-0.2, -0.15) is 0 Å². The number of anilines is 1. The number of amides is 2. The van der Waals surface area contributed by atoms with Crippen molar-refractivity contribution < 1.29 is 19.1 Å². The second kappa shape index (κ2) is 8.31. The SMILES string of the molecule is CCCCOC(=O)c1ccc(NC(=O)CN2CCCC2=O)cc1. The van der Waals surface area contributed by atoms with Crippen LogP contribution in [0.1, 0.15) is 43.0 Å². The number of nitrogens with one attached hydrogen (secondary N) is 1. The van der Waals surface area contributed by atoms with Crippen molar-refractivity contribution in [1.29, 1.82) is 0 Å². The summed E-state index contributed by atoms with van der Waals surface area (Å²) in [5, 5.41) is 2.72. The van der Waals surface area contributed by atoms with Gasteiger partial charge in [-0.3, -0.25) is 9.59 Å². The molecule has 0 spiro atoms. The van der Waals surface area contributed by atoms with Gasteiger partial charge in [0.15, 0.2) is 0 Å². The van der Waals surface area contributed by atoms with E-state index in [0.717, 1.165) is 19.3 Å². The average molecular weight is 318 g/mol. The molecule has 23 heavy (non-hydrogen) atoms. The number of likely N-dealkylation sites (tertiary alicyclic amines) is 1. The van der Waals surface area contributed by atoms with Gasteiger partial charge in [-0.05, 0) is 37.1 Å². The third-order valence-corrected chi connectivity index (χ3v) is 3.64. The quantitative estimate of drug-likeness (QED) is 0.618. The molecule has 1 N–H and O–H groups in total. The highest BCUT2D eigenvalue weighted by atomic mass is 16.5. The molecular formula is C17H22N2O4. The van der Waals surface area contributed by atoms with E-state index in [0.29, 0.717) is 30.8 Å². The van der Waals surface area contributed by atoms with Crippen molar-refractivity contribution in [2.45, 2.75) is 32.6 Å². The third-order valence-electron chi connectivity index (χ3n) is 3.64. The summed E-state index contributed by atoms with van der Waals surface area (Å²) >= 11 is 0. The molecule has 0 radical (unpaired) electrons. The van der Waals surface area contributed by atoms with Crippen LogP contribution in [-0.2, 0) is 14.3 Å². The maximum atomic E-state index is 11.9. The molecule has 2 rings (SSSR count). The minimum atomic E-state index is -0.362. The zero-order valence-electron chi connectivity index (χ0n) is 13.3. The fourth-order valence-corrected chi connectivity index (χ4v) is 2.33. The Hall–Kier alpha value is -2.37. The van der Waals surface area contributed by atoms with E-state index in [-0.39, 0.29) is 24.3 Å². The first-order valence-corrected chi connectivity index (χ1v) is 7.95. The summed E-state index contributed by atoms with van der Waals surface area (Å²) in [5.74, 6) is -0.581. The Morgan fingerprint density at radius 3 is 2.61 bits per heavy atom. The predicted octanol–water partition coefficient (Wildman–Crippen LogP) is 2.20. The van der Waals surface area contributed by atoms with Crippen molar-refractivity contribution in [3.05, 3.63) is 29.8 Å². The number of esters is 1. The van der Waals surface area contributed by atoms with E-state index < -0.39 is 0 Å². The van der Waals surface area contributed by atoms with Crippen molar-refractivity contribution in [3.8, 4) is 0 Å². The van der Waals surface area contributed by atoms with Crippen molar-refractivity contribution >= 4 is 23.5 Å². The molecule has 0 aromatic heterocycles. The van der Waals surface area contributed by atoms with E-state index in [2.05, 4.69) is 5.32 Å². The van der Waals surface area contributed by atoms with Gasteiger partial charge in [-0.15, -0.1) is 0 Å². The zero-order chi connectivity index (χ0) is 16.7. The van der Waals surface area contributed by atoms with Gasteiger partial charge in [0.2, 0.25) is 11.8 Å². The van der Waals surface area contributed by atoms with Crippen molar-refractivity contribution in [2.24, 2.45) is 0 Å². The smallest absolute Gasteiger partial charge is 0.338 e. The first-order valence-electron chi connectivity index (χ1n) is 7.95. The Bertz CT molecular complexity index is 568. The molecule has 0 atom stereocenters. The Morgan fingerprint density at radius 1 is 1.26 bits per heavy atom. The van der Waals surface area contributed by atoms with E-state index in [1.165, 1.54) is 0 Å². The van der Waals surface area contributed by atoms with Crippen LogP contribution in [0.15, 0.2) is 24.3 Å². The van der Waals surface area contributed by atoms with Gasteiger partial charge in [0.1, 0.15) is 0 Å². The number of nitrogens with zero attached hydrogens (tertiary/aromatic N) is 1. The molecule has 0 saturated carbocycles. The lowest BCUT2D eigenvalue weighted by Crippen LogP contribution is -2.33. The van der Waals surface area contributed by atoms with Crippen molar-refractivity contribution in [3.63, 3.8) is 0 Å². The molecule has 1 aromatic carbocycles. The van der Waals surface area contributed by atoms with Gasteiger partial charge in [-0.1, -0.05) is 13.3 Å². The van der Waals surface area contributed by atoms with Crippen LogP contribution in [0.2, 0.25) is 0 Å². The zero-order valence-corrected chi connectivity index (χ0v) is 13.3. The Balaban J connectivity index is 1.83. The molecule has 124 valence electrons. The number of carbonyl (C=O) groups excluding carboxylic acids is 3. The van der Waals surface area contributed by atoms with E-state index in [1.54, 1.807) is 29.2 Å². The van der Waals surface area contributed by atoms with Crippen LogP contribution in [-0.4, -0.2) is 42.4 Å². The van der Waals surface area contributed by atoms with Gasteiger partial charge >= 0.3 is 5.97 Å². The minimum absolute atomic E-state index is 0.0188. The second-order valence-corrected chi connectivity index (χ2v) is 5.53. The normalized spacial score (nSPS) is 14.0. The summed E-state index contributed by atoms with van der Waals surface area (Å²) in [5.41, 5.74) is 1.04. The highest BCUT2D eigenvalue weighted by Gasteiger charge is 2.22. The fraction of sp³-hybridized carbons (Fsp3) is 0.471. The van der Waals surface area contributed by atoms with E-state index >= 15 is 0 Å². The summed E-state index contributed by atoms with van der Waals surface area (Å²) in [7, 11) is 0. The number of hydrogen-bond donors (Lipinski definition) is 1. The fourth-order valence-electron chi connectivity index (χ4n) is 2.33. The van der Waals surface area contributed by atoms with Crippen LogP contribution < -0.4 is 5.32 Å². The molecule has 0 aliphatic carbocycles. The topological polar surface area (TPSA) is 75.7 Å². The van der Waals surface area contributed by atoms with Gasteiger partial charge in [0, 0.05) is 18.7 Å². The molecule has 0 unspecified atom stereocenters. The Kier molecular flexibility index (Phi) is 6.14. The second-order valence-electron chi connectivity index (χ2n) is 5.53. The largest absolute Gasteiger partial charge is 0.462 e. The first-order chi connectivity index (χ1) is 11.1. The lowest BCUT2D eigenvalue weighted by molar-refractivity contribution is -0.131. The number of carbonyl (C=O) groups is 3. The number of benzene rings is 1. The molecule has 2 amide bonds. The predicted molar refractivity (Wildman–Crippen MR) is 86.1 cm³/mol. The summed E-state index contributed by atoms with van der Waals surface area (Å²) < 4.78 is 5.12. The van der Waals surface area contributed by atoms with Crippen molar-refractivity contribution in [2.75, 3.05) is 25.0 Å². The maximum Gasteiger partial charge on any atom is 0.338 e. The molecule has 1 heterocycles. The molecule has 6 nitrogen and oxygen atoms in total. The van der Waals surface area contributed by atoms with Crippen LogP contribution in [0.5, 0.6) is 0 Å². The molecule has 6 heteroatoms. The summed E-state index contributed by atoms with van der Waals surface area (Å²) in [6.45, 7) is 3.15. The maximum absolute atomic E-state index is 11.9. The monoisotopic (exact) mass is 318 g/mol. The number of hydrogen-bond acceptors (Lipinski definition) is 4. The molecule has 1 aromatic rings. The lowest BCUT2D eigenvalue weighted by Gasteiger charge is -2.15. The van der Waals surface area contributed by atoms with Crippen molar-refractivity contribution in [1.82, 2.24) is 4.90 Å². The van der Waals surface area contributed by atoms with Crippen LogP contribution in [0.4, 0.5) is 5.69 Å². The number of rotatable bonds is 7. The molecule has 1 aliphatic heterocycles. The summed E-state index contributed by atoms with van der Waals surface area (Å²) in [6.07, 6.45) is 3.13. The highest BCUT2D eigenvalue weighted by molar-refractivity contribution is 5.95. The van der Waals surface area contributed by atoms with E-state index in [1.807, 2.05) is 6.92 Å². The Morgan fingerprint density at radius 2 is 2.00 bits per heavy atom. The van der Waals surface area contributed by atoms with Gasteiger partial charge in [-0.25, -0.2) is 4.79 Å².